The van der Waals surface area contributed by atoms with Crippen LogP contribution in [-0.2, 0) is 6.54 Å². The van der Waals surface area contributed by atoms with Gasteiger partial charge in [-0.3, -0.25) is 0 Å². The van der Waals surface area contributed by atoms with Crippen LogP contribution in [0.25, 0.3) is 11.0 Å². The number of para-hydroxylation sites is 2. The molecule has 130 valence electrons. The van der Waals surface area contributed by atoms with E-state index in [-0.39, 0.29) is 11.8 Å². The molecule has 2 amide bonds. The lowest BCUT2D eigenvalue weighted by Crippen LogP contribution is -2.35. The Morgan fingerprint density at radius 2 is 1.96 bits per heavy atom. The Bertz CT molecular complexity index is 864. The molecule has 1 heterocycles. The number of ether oxygens (including phenoxy) is 1. The third-order valence-corrected chi connectivity index (χ3v) is 3.58. The number of hydrogen-bond acceptors (Lipinski definition) is 3. The Kier molecular flexibility index (Phi) is 4.78. The van der Waals surface area contributed by atoms with E-state index >= 15 is 0 Å². The number of benzene rings is 2. The first-order chi connectivity index (χ1) is 12.0. The van der Waals surface area contributed by atoms with Gasteiger partial charge in [-0.1, -0.05) is 24.3 Å². The van der Waals surface area contributed by atoms with Crippen molar-refractivity contribution in [1.29, 1.82) is 0 Å². The summed E-state index contributed by atoms with van der Waals surface area (Å²) in [7, 11) is 1.64. The highest BCUT2D eigenvalue weighted by molar-refractivity contribution is 5.84. The molecule has 0 aliphatic heterocycles. The fraction of sp³-hybridized carbons (Fsp3) is 0.176. The molecular weight excluding hydrogens is 330 g/mol. The number of nitrogens with one attached hydrogen (secondary N) is 1. The summed E-state index contributed by atoms with van der Waals surface area (Å²) < 4.78 is 30.1. The highest BCUT2D eigenvalue weighted by atomic mass is 19.3. The van der Waals surface area contributed by atoms with Crippen LogP contribution in [0.5, 0.6) is 5.75 Å². The van der Waals surface area contributed by atoms with Gasteiger partial charge in [0.05, 0.1) is 11.0 Å². The second-order valence-electron chi connectivity index (χ2n) is 5.40. The van der Waals surface area contributed by atoms with Crippen molar-refractivity contribution in [3.05, 3.63) is 60.4 Å². The van der Waals surface area contributed by atoms with E-state index < -0.39 is 6.61 Å². The van der Waals surface area contributed by atoms with E-state index in [0.29, 0.717) is 6.54 Å². The van der Waals surface area contributed by atoms with Crippen LogP contribution in [0.3, 0.4) is 0 Å². The van der Waals surface area contributed by atoms with Gasteiger partial charge >= 0.3 is 12.6 Å². The summed E-state index contributed by atoms with van der Waals surface area (Å²) in [5, 5.41) is 0. The molecule has 8 heteroatoms. The maximum Gasteiger partial charge on any atom is 0.387 e. The van der Waals surface area contributed by atoms with Crippen molar-refractivity contribution < 1.29 is 18.3 Å². The van der Waals surface area contributed by atoms with Crippen molar-refractivity contribution in [2.45, 2.75) is 13.2 Å². The molecule has 3 rings (SSSR count). The topological polar surface area (TPSA) is 59.4 Å². The number of rotatable bonds is 5. The van der Waals surface area contributed by atoms with Gasteiger partial charge in [-0.2, -0.15) is 8.78 Å². The van der Waals surface area contributed by atoms with E-state index in [9.17, 15) is 13.6 Å². The van der Waals surface area contributed by atoms with Gasteiger partial charge in [0.1, 0.15) is 12.1 Å². The molecule has 0 atom stereocenters. The van der Waals surface area contributed by atoms with Gasteiger partial charge in [-0.15, -0.1) is 0 Å². The summed E-state index contributed by atoms with van der Waals surface area (Å²) in [5.74, 6) is 0.0794. The Morgan fingerprint density at radius 1 is 1.24 bits per heavy atom. The molecule has 0 bridgehead atoms. The van der Waals surface area contributed by atoms with Crippen LogP contribution >= 0.6 is 0 Å². The number of imidazole rings is 1. The number of aromatic nitrogens is 2. The number of nitrogens with zero attached hydrogens (tertiary/aromatic N) is 3. The molecule has 1 N–H and O–H groups in total. The normalized spacial score (nSPS) is 10.9. The Morgan fingerprint density at radius 3 is 2.68 bits per heavy atom. The highest BCUT2D eigenvalue weighted by Crippen LogP contribution is 2.16. The number of amides is 2. The van der Waals surface area contributed by atoms with Gasteiger partial charge in [-0.25, -0.2) is 19.9 Å². The van der Waals surface area contributed by atoms with Crippen molar-refractivity contribution in [3.8, 4) is 5.75 Å². The lowest BCUT2D eigenvalue weighted by Gasteiger charge is -2.18. The van der Waals surface area contributed by atoms with Gasteiger partial charge in [0.2, 0.25) is 0 Å². The fourth-order valence-electron chi connectivity index (χ4n) is 2.36. The van der Waals surface area contributed by atoms with Gasteiger partial charge in [-0.05, 0) is 29.8 Å². The summed E-state index contributed by atoms with van der Waals surface area (Å²) in [5.41, 5.74) is 5.09. The largest absolute Gasteiger partial charge is 0.435 e. The zero-order valence-electron chi connectivity index (χ0n) is 13.4. The number of alkyl halides is 2. The predicted octanol–water partition coefficient (Wildman–Crippen LogP) is 3.43. The Hall–Kier alpha value is -3.16. The van der Waals surface area contributed by atoms with E-state index in [4.69, 9.17) is 0 Å². The minimum atomic E-state index is -2.86. The van der Waals surface area contributed by atoms with Gasteiger partial charge in [0.15, 0.2) is 0 Å². The van der Waals surface area contributed by atoms with Crippen LogP contribution in [0.1, 0.15) is 5.56 Å². The number of urea groups is 1. The highest BCUT2D eigenvalue weighted by Gasteiger charge is 2.11. The molecule has 3 aromatic rings. The average Bonchev–Trinajstić information content (AvgIpc) is 2.99. The minimum Gasteiger partial charge on any atom is -0.435 e. The van der Waals surface area contributed by atoms with Crippen molar-refractivity contribution in [3.63, 3.8) is 0 Å². The van der Waals surface area contributed by atoms with Crippen LogP contribution in [0.4, 0.5) is 13.6 Å². The van der Waals surface area contributed by atoms with Crippen molar-refractivity contribution >= 4 is 17.1 Å². The van der Waals surface area contributed by atoms with Crippen LogP contribution in [0.2, 0.25) is 0 Å². The molecule has 0 aliphatic carbocycles. The summed E-state index contributed by atoms with van der Waals surface area (Å²) in [6, 6.07) is 13.3. The zero-order chi connectivity index (χ0) is 17.8. The summed E-state index contributed by atoms with van der Waals surface area (Å²) >= 11 is 0. The molecule has 0 aliphatic rings. The third-order valence-electron chi connectivity index (χ3n) is 3.58. The van der Waals surface area contributed by atoms with E-state index in [0.717, 1.165) is 16.6 Å². The first-order valence-electron chi connectivity index (χ1n) is 7.51. The van der Waals surface area contributed by atoms with E-state index in [1.165, 1.54) is 23.4 Å². The molecule has 25 heavy (non-hydrogen) atoms. The van der Waals surface area contributed by atoms with E-state index in [2.05, 4.69) is 15.1 Å². The molecule has 0 saturated carbocycles. The molecule has 0 spiro atoms. The quantitative estimate of drug-likeness (QED) is 0.770. The number of hydrogen-bond donors (Lipinski definition) is 1. The lowest BCUT2D eigenvalue weighted by atomic mass is 10.2. The second kappa shape index (κ2) is 7.16. The van der Waals surface area contributed by atoms with Gasteiger partial charge in [0.25, 0.3) is 0 Å². The fourth-order valence-corrected chi connectivity index (χ4v) is 2.36. The summed E-state index contributed by atoms with van der Waals surface area (Å²) in [4.78, 5) is 18.0. The van der Waals surface area contributed by atoms with Crippen LogP contribution in [0, 0.1) is 0 Å². The average molecular weight is 346 g/mol. The van der Waals surface area contributed by atoms with Crippen molar-refractivity contribution in [2.75, 3.05) is 12.5 Å². The molecule has 2 aromatic carbocycles. The lowest BCUT2D eigenvalue weighted by molar-refractivity contribution is -0.0498. The maximum absolute atomic E-state index is 12.3. The number of carbonyl (C=O) groups is 1. The Labute approximate surface area is 142 Å². The zero-order valence-corrected chi connectivity index (χ0v) is 13.4. The summed E-state index contributed by atoms with van der Waals surface area (Å²) in [6.07, 6.45) is 1.53. The molecule has 0 saturated heterocycles. The van der Waals surface area contributed by atoms with Crippen molar-refractivity contribution in [1.82, 2.24) is 14.6 Å². The Balaban J connectivity index is 1.62. The third kappa shape index (κ3) is 4.03. The SMILES string of the molecule is CN(Cc1ccc(OC(F)F)cc1)C(=O)Nn1cnc2ccccc21. The molecule has 0 radical (unpaired) electrons. The van der Waals surface area contributed by atoms with E-state index in [1.54, 1.807) is 23.9 Å². The molecular formula is C17H16F2N4O2. The monoisotopic (exact) mass is 346 g/mol. The smallest absolute Gasteiger partial charge is 0.387 e. The van der Waals surface area contributed by atoms with Gasteiger partial charge in [0, 0.05) is 13.6 Å². The number of carbonyl (C=O) groups excluding carboxylic acids is 1. The van der Waals surface area contributed by atoms with Gasteiger partial charge < -0.3 is 9.64 Å². The first-order valence-corrected chi connectivity index (χ1v) is 7.51. The second-order valence-corrected chi connectivity index (χ2v) is 5.40. The molecule has 0 fully saturated rings. The summed E-state index contributed by atoms with van der Waals surface area (Å²) in [6.45, 7) is -2.54. The predicted molar refractivity (Wildman–Crippen MR) is 89.0 cm³/mol. The number of halogens is 2. The first kappa shape index (κ1) is 16.7. The maximum atomic E-state index is 12.3. The number of fused-ring (bicyclic) bond motifs is 1. The molecule has 1 aromatic heterocycles. The molecule has 0 unspecified atom stereocenters. The molecule has 6 nitrogen and oxygen atoms in total. The standard InChI is InChI=1S/C17H16F2N4O2/c1-22(10-12-6-8-13(9-7-12)25-16(18)19)17(24)21-23-11-20-14-4-2-3-5-15(14)23/h2-9,11,16H,10H2,1H3,(H,21,24). The van der Waals surface area contributed by atoms with Crippen molar-refractivity contribution in [2.24, 2.45) is 0 Å². The van der Waals surface area contributed by atoms with Crippen LogP contribution in [-0.4, -0.2) is 34.3 Å². The minimum absolute atomic E-state index is 0.0794. The van der Waals surface area contributed by atoms with E-state index in [1.807, 2.05) is 24.3 Å². The van der Waals surface area contributed by atoms with Crippen LogP contribution in [0.15, 0.2) is 54.9 Å². The van der Waals surface area contributed by atoms with Crippen LogP contribution < -0.4 is 10.2 Å².